The third kappa shape index (κ3) is 5.76. The molecule has 41 heavy (non-hydrogen) atoms. The number of likely N-dealkylation sites (tertiary alicyclic amines) is 1. The number of carbonyl (C=O) groups excluding carboxylic acids is 1. The maximum atomic E-state index is 12.5. The van der Waals surface area contributed by atoms with Crippen molar-refractivity contribution in [1.29, 1.82) is 0 Å². The summed E-state index contributed by atoms with van der Waals surface area (Å²) in [6.07, 6.45) is 3.87. The molecule has 6 rings (SSSR count). The molecule has 2 saturated heterocycles. The molecule has 2 aromatic carbocycles. The Balaban J connectivity index is 1.33. The van der Waals surface area contributed by atoms with E-state index in [0.717, 1.165) is 81.2 Å². The number of amides is 1. The van der Waals surface area contributed by atoms with Crippen LogP contribution in [0.4, 0.5) is 17.1 Å². The van der Waals surface area contributed by atoms with Gasteiger partial charge in [0.1, 0.15) is 11.3 Å². The Morgan fingerprint density at radius 1 is 1.17 bits per heavy atom. The minimum Gasteiger partial charge on any atom is -0.392 e. The number of ether oxygens (including phenoxy) is 1. The highest BCUT2D eigenvalue weighted by Gasteiger charge is 2.22. The molecule has 4 heterocycles. The van der Waals surface area contributed by atoms with Crippen molar-refractivity contribution in [2.24, 2.45) is 5.73 Å². The number of aliphatic hydroxyl groups is 1. The molecule has 10 nitrogen and oxygen atoms in total. The van der Waals surface area contributed by atoms with Crippen LogP contribution >= 0.6 is 0 Å². The number of fused-ring (bicyclic) bond motifs is 1. The maximum Gasteiger partial charge on any atom is 0.252 e. The number of nitrogens with zero attached hydrogens (tertiary/aromatic N) is 4. The Bertz CT molecular complexity index is 1530. The second kappa shape index (κ2) is 11.9. The Kier molecular flexibility index (Phi) is 7.86. The molecule has 10 heteroatoms. The number of aliphatic hydroxyl groups excluding tert-OH is 1. The van der Waals surface area contributed by atoms with Gasteiger partial charge in [0.2, 0.25) is 0 Å². The van der Waals surface area contributed by atoms with Gasteiger partial charge in [-0.05, 0) is 67.3 Å². The number of H-pyrrole nitrogens is 1. The first-order chi connectivity index (χ1) is 20.0. The molecular formula is C31H37N7O3. The highest BCUT2D eigenvalue weighted by Crippen LogP contribution is 2.33. The van der Waals surface area contributed by atoms with Crippen LogP contribution in [0.2, 0.25) is 0 Å². The molecule has 0 aliphatic carbocycles. The van der Waals surface area contributed by atoms with E-state index in [0.29, 0.717) is 34.8 Å². The van der Waals surface area contributed by atoms with E-state index in [1.165, 1.54) is 11.8 Å². The number of imidazole rings is 1. The predicted octanol–water partition coefficient (Wildman–Crippen LogP) is 3.82. The molecule has 214 valence electrons. The van der Waals surface area contributed by atoms with Crippen molar-refractivity contribution in [2.45, 2.75) is 38.8 Å². The van der Waals surface area contributed by atoms with Crippen molar-refractivity contribution in [1.82, 2.24) is 19.9 Å². The summed E-state index contributed by atoms with van der Waals surface area (Å²) >= 11 is 0. The van der Waals surface area contributed by atoms with Crippen LogP contribution in [0.15, 0.2) is 48.7 Å². The number of aromatic amines is 1. The Hall–Kier alpha value is -3.99. The van der Waals surface area contributed by atoms with Crippen molar-refractivity contribution in [3.63, 3.8) is 0 Å². The molecule has 1 unspecified atom stereocenters. The van der Waals surface area contributed by atoms with Crippen molar-refractivity contribution >= 4 is 34.1 Å². The zero-order valence-corrected chi connectivity index (χ0v) is 23.4. The molecule has 0 saturated carbocycles. The fourth-order valence-electron chi connectivity index (χ4n) is 5.93. The van der Waals surface area contributed by atoms with E-state index in [-0.39, 0.29) is 6.10 Å². The lowest BCUT2D eigenvalue weighted by Crippen LogP contribution is -2.37. The lowest BCUT2D eigenvalue weighted by Gasteiger charge is -2.31. The van der Waals surface area contributed by atoms with E-state index < -0.39 is 5.91 Å². The number of aromatic nitrogens is 3. The van der Waals surface area contributed by atoms with Gasteiger partial charge in [-0.15, -0.1) is 0 Å². The largest absolute Gasteiger partial charge is 0.392 e. The van der Waals surface area contributed by atoms with E-state index in [1.54, 1.807) is 0 Å². The normalized spacial score (nSPS) is 18.1. The van der Waals surface area contributed by atoms with Crippen LogP contribution < -0.4 is 16.0 Å². The average Bonchev–Trinajstić information content (AvgIpc) is 3.43. The van der Waals surface area contributed by atoms with Gasteiger partial charge in [0.15, 0.2) is 5.65 Å². The summed E-state index contributed by atoms with van der Waals surface area (Å²) in [6.45, 7) is 7.76. The van der Waals surface area contributed by atoms with Gasteiger partial charge in [0.05, 0.1) is 30.6 Å². The van der Waals surface area contributed by atoms with Crippen LogP contribution in [-0.2, 0) is 17.7 Å². The van der Waals surface area contributed by atoms with Crippen molar-refractivity contribution in [2.75, 3.05) is 49.6 Å². The van der Waals surface area contributed by atoms with E-state index in [4.69, 9.17) is 15.5 Å². The van der Waals surface area contributed by atoms with Gasteiger partial charge >= 0.3 is 0 Å². The molecule has 1 atom stereocenters. The number of β-amino-alcohol motifs (C(OH)–C–C–N with tert-alkyl or cyclic N) is 1. The van der Waals surface area contributed by atoms with Crippen molar-refractivity contribution in [3.8, 4) is 11.4 Å². The summed E-state index contributed by atoms with van der Waals surface area (Å²) in [5.74, 6) is 0.100. The zero-order valence-electron chi connectivity index (χ0n) is 23.4. The van der Waals surface area contributed by atoms with Crippen LogP contribution in [0.3, 0.4) is 0 Å². The number of primary amides is 1. The molecule has 4 aromatic rings. The van der Waals surface area contributed by atoms with Gasteiger partial charge in [-0.3, -0.25) is 9.69 Å². The van der Waals surface area contributed by atoms with E-state index >= 15 is 0 Å². The Morgan fingerprint density at radius 2 is 1.98 bits per heavy atom. The minimum absolute atomic E-state index is 0.275. The molecule has 2 fully saturated rings. The van der Waals surface area contributed by atoms with Crippen LogP contribution in [-0.4, -0.2) is 76.4 Å². The molecule has 1 amide bonds. The van der Waals surface area contributed by atoms with Crippen LogP contribution in [0, 0.1) is 0 Å². The first-order valence-electron chi connectivity index (χ1n) is 14.4. The topological polar surface area (TPSA) is 133 Å². The number of pyridine rings is 1. The third-order valence-corrected chi connectivity index (χ3v) is 8.06. The highest BCUT2D eigenvalue weighted by molar-refractivity contribution is 6.06. The number of nitrogens with two attached hydrogens (primary N) is 1. The number of nitrogens with one attached hydrogen (secondary N) is 2. The fourth-order valence-corrected chi connectivity index (χ4v) is 5.93. The van der Waals surface area contributed by atoms with E-state index in [1.807, 2.05) is 24.3 Å². The van der Waals surface area contributed by atoms with Gasteiger partial charge in [-0.2, -0.15) is 0 Å². The fraction of sp³-hybridized carbons (Fsp3) is 0.387. The molecule has 2 aromatic heterocycles. The van der Waals surface area contributed by atoms with Gasteiger partial charge in [-0.25, -0.2) is 9.97 Å². The summed E-state index contributed by atoms with van der Waals surface area (Å²) in [7, 11) is 0. The molecule has 0 radical (unpaired) electrons. The average molecular weight is 556 g/mol. The van der Waals surface area contributed by atoms with Gasteiger partial charge in [0.25, 0.3) is 5.91 Å². The number of benzene rings is 2. The SMILES string of the molecule is CCc1c(CN2CCCC(O)C2)cccc1Nc1c(C(N)=O)cnc2nc(-c3ccc(N4CCOCC4)cc3)[nH]c12. The number of hydrogen-bond donors (Lipinski definition) is 4. The summed E-state index contributed by atoms with van der Waals surface area (Å²) in [5.41, 5.74) is 13.1. The Morgan fingerprint density at radius 3 is 2.71 bits per heavy atom. The minimum atomic E-state index is -0.565. The lowest BCUT2D eigenvalue weighted by atomic mass is 10.00. The molecule has 5 N–H and O–H groups in total. The lowest BCUT2D eigenvalue weighted by molar-refractivity contribution is 0.0667. The number of morpholine rings is 1. The number of hydrogen-bond acceptors (Lipinski definition) is 8. The molecule has 2 aliphatic rings. The molecular weight excluding hydrogens is 518 g/mol. The molecule has 0 bridgehead atoms. The summed E-state index contributed by atoms with van der Waals surface area (Å²) < 4.78 is 5.47. The maximum absolute atomic E-state index is 12.5. The van der Waals surface area contributed by atoms with E-state index in [9.17, 15) is 9.90 Å². The highest BCUT2D eigenvalue weighted by atomic mass is 16.5. The number of anilines is 3. The van der Waals surface area contributed by atoms with Gasteiger partial charge < -0.3 is 30.8 Å². The van der Waals surface area contributed by atoms with Crippen molar-refractivity contribution in [3.05, 3.63) is 65.4 Å². The number of rotatable bonds is 8. The number of carbonyl (C=O) groups is 1. The van der Waals surface area contributed by atoms with Crippen molar-refractivity contribution < 1.29 is 14.6 Å². The zero-order chi connectivity index (χ0) is 28.3. The summed E-state index contributed by atoms with van der Waals surface area (Å²) in [5, 5.41) is 13.7. The third-order valence-electron chi connectivity index (χ3n) is 8.06. The second-order valence-electron chi connectivity index (χ2n) is 10.8. The monoisotopic (exact) mass is 555 g/mol. The van der Waals surface area contributed by atoms with E-state index in [2.05, 4.69) is 50.2 Å². The van der Waals surface area contributed by atoms with Crippen LogP contribution in [0.25, 0.3) is 22.6 Å². The number of piperidine rings is 1. The van der Waals surface area contributed by atoms with Crippen LogP contribution in [0.5, 0.6) is 0 Å². The predicted molar refractivity (Wildman–Crippen MR) is 160 cm³/mol. The Labute approximate surface area is 239 Å². The van der Waals surface area contributed by atoms with Gasteiger partial charge in [-0.1, -0.05) is 19.1 Å². The summed E-state index contributed by atoms with van der Waals surface area (Å²) in [6, 6.07) is 14.4. The van der Waals surface area contributed by atoms with Gasteiger partial charge in [0, 0.05) is 49.3 Å². The second-order valence-corrected chi connectivity index (χ2v) is 10.8. The molecule has 0 spiro atoms. The standard InChI is InChI=1S/C31H37N7O3/c1-2-24-21(18-37-12-4-6-23(39)19-37)5-3-7-26(24)34-27-25(29(32)40)17-33-31-28(27)35-30(36-31)20-8-10-22(11-9-20)38-13-15-41-16-14-38/h3,5,7-11,17,23,39H,2,4,6,12-16,18-19H2,1H3,(H2,32,40)(H2,33,34,35,36). The smallest absolute Gasteiger partial charge is 0.252 e. The first-order valence-corrected chi connectivity index (χ1v) is 14.4. The first kappa shape index (κ1) is 27.2. The summed E-state index contributed by atoms with van der Waals surface area (Å²) in [4.78, 5) is 29.7. The van der Waals surface area contributed by atoms with Crippen LogP contribution in [0.1, 0.15) is 41.3 Å². The molecule has 2 aliphatic heterocycles. The quantitative estimate of drug-likeness (QED) is 0.258.